The highest BCUT2D eigenvalue weighted by Gasteiger charge is 2.29. The molecular weight excluding hydrogens is 384 g/mol. The van der Waals surface area contributed by atoms with E-state index in [1.165, 1.54) is 0 Å². The number of hydrogen-bond acceptors (Lipinski definition) is 5. The van der Waals surface area contributed by atoms with E-state index in [1.807, 2.05) is 19.9 Å². The highest BCUT2D eigenvalue weighted by molar-refractivity contribution is 5.95. The number of aromatic nitrogens is 2. The van der Waals surface area contributed by atoms with Crippen molar-refractivity contribution in [1.82, 2.24) is 19.9 Å². The summed E-state index contributed by atoms with van der Waals surface area (Å²) in [6.45, 7) is 6.50. The van der Waals surface area contributed by atoms with E-state index in [4.69, 9.17) is 4.52 Å². The van der Waals surface area contributed by atoms with E-state index in [1.54, 1.807) is 22.6 Å². The van der Waals surface area contributed by atoms with Gasteiger partial charge in [0.25, 0.3) is 11.5 Å². The van der Waals surface area contributed by atoms with Crippen molar-refractivity contribution >= 4 is 11.8 Å². The van der Waals surface area contributed by atoms with Crippen molar-refractivity contribution in [2.45, 2.75) is 71.5 Å². The standard InChI is InChI=1S/C22H28N4O4/c1-13-8-11-26(17-5-6-17)22(29)20(13)21(28)23-16-4-7-19(27)25(10-9-16)12-18-14(2)24-30-15(18)3/h8,11,16-17H,4-7,9-10,12H2,1-3H3,(H,23,28). The lowest BCUT2D eigenvalue weighted by Crippen LogP contribution is -2.40. The maximum absolute atomic E-state index is 12.9. The van der Waals surface area contributed by atoms with Gasteiger partial charge in [-0.2, -0.15) is 0 Å². The zero-order valence-electron chi connectivity index (χ0n) is 17.7. The van der Waals surface area contributed by atoms with Gasteiger partial charge in [-0.15, -0.1) is 0 Å². The molecule has 8 nitrogen and oxygen atoms in total. The number of pyridine rings is 1. The molecule has 0 bridgehead atoms. The van der Waals surface area contributed by atoms with Gasteiger partial charge in [-0.25, -0.2) is 0 Å². The minimum atomic E-state index is -0.343. The van der Waals surface area contributed by atoms with Gasteiger partial charge in [0.15, 0.2) is 0 Å². The smallest absolute Gasteiger partial charge is 0.263 e. The molecule has 1 aliphatic heterocycles. The van der Waals surface area contributed by atoms with E-state index in [9.17, 15) is 14.4 Å². The van der Waals surface area contributed by atoms with Crippen LogP contribution in [0.2, 0.25) is 0 Å². The molecule has 4 rings (SSSR count). The minimum Gasteiger partial charge on any atom is -0.361 e. The van der Waals surface area contributed by atoms with Crippen molar-refractivity contribution in [2.24, 2.45) is 0 Å². The fourth-order valence-electron chi connectivity index (χ4n) is 4.08. The summed E-state index contributed by atoms with van der Waals surface area (Å²) < 4.78 is 6.87. The Morgan fingerprint density at radius 2 is 1.97 bits per heavy atom. The van der Waals surface area contributed by atoms with Gasteiger partial charge < -0.3 is 19.3 Å². The van der Waals surface area contributed by atoms with Crippen LogP contribution < -0.4 is 10.9 Å². The molecular formula is C22H28N4O4. The average Bonchev–Trinajstić information content (AvgIpc) is 3.50. The number of nitrogens with zero attached hydrogens (tertiary/aromatic N) is 3. The number of aryl methyl sites for hydroxylation is 3. The predicted octanol–water partition coefficient (Wildman–Crippen LogP) is 2.41. The van der Waals surface area contributed by atoms with Gasteiger partial charge in [-0.3, -0.25) is 14.4 Å². The zero-order valence-corrected chi connectivity index (χ0v) is 17.7. The van der Waals surface area contributed by atoms with E-state index in [0.29, 0.717) is 37.9 Å². The number of carbonyl (C=O) groups is 2. The van der Waals surface area contributed by atoms with Crippen molar-refractivity contribution in [3.05, 3.63) is 50.8 Å². The quantitative estimate of drug-likeness (QED) is 0.813. The second-order valence-corrected chi connectivity index (χ2v) is 8.43. The third-order valence-corrected chi connectivity index (χ3v) is 6.17. The molecule has 3 heterocycles. The molecule has 1 saturated carbocycles. The summed E-state index contributed by atoms with van der Waals surface area (Å²) in [5.74, 6) is 0.434. The second-order valence-electron chi connectivity index (χ2n) is 8.43. The molecule has 0 radical (unpaired) electrons. The first-order valence-corrected chi connectivity index (χ1v) is 10.6. The Hall–Kier alpha value is -2.90. The highest BCUT2D eigenvalue weighted by Crippen LogP contribution is 2.33. The van der Waals surface area contributed by atoms with E-state index in [2.05, 4.69) is 10.5 Å². The number of carbonyl (C=O) groups excluding carboxylic acids is 2. The fraction of sp³-hybridized carbons (Fsp3) is 0.545. The Labute approximate surface area is 175 Å². The van der Waals surface area contributed by atoms with Crippen molar-refractivity contribution in [2.75, 3.05) is 6.54 Å². The largest absolute Gasteiger partial charge is 0.361 e. The van der Waals surface area contributed by atoms with E-state index < -0.39 is 0 Å². The molecule has 1 atom stereocenters. The van der Waals surface area contributed by atoms with Crippen LogP contribution in [0.3, 0.4) is 0 Å². The molecule has 2 aromatic heterocycles. The summed E-state index contributed by atoms with van der Waals surface area (Å²) in [7, 11) is 0. The number of rotatable bonds is 5. The van der Waals surface area contributed by atoms with Crippen LogP contribution in [-0.2, 0) is 11.3 Å². The molecule has 1 unspecified atom stereocenters. The first kappa shape index (κ1) is 20.4. The SMILES string of the molecule is Cc1ccn(C2CC2)c(=O)c1C(=O)NC1CCC(=O)N(Cc2c(C)noc2C)CC1. The van der Waals surface area contributed by atoms with Gasteiger partial charge in [0, 0.05) is 36.8 Å². The van der Waals surface area contributed by atoms with Crippen LogP contribution in [0.25, 0.3) is 0 Å². The summed E-state index contributed by atoms with van der Waals surface area (Å²) in [5.41, 5.74) is 2.40. The minimum absolute atomic E-state index is 0.0544. The molecule has 160 valence electrons. The first-order chi connectivity index (χ1) is 14.3. The summed E-state index contributed by atoms with van der Waals surface area (Å²) in [6.07, 6.45) is 5.30. The van der Waals surface area contributed by atoms with Gasteiger partial charge in [-0.1, -0.05) is 5.16 Å². The van der Waals surface area contributed by atoms with Crippen molar-refractivity contribution in [1.29, 1.82) is 0 Å². The average molecular weight is 412 g/mol. The number of hydrogen-bond donors (Lipinski definition) is 1. The van der Waals surface area contributed by atoms with E-state index in [0.717, 1.165) is 29.9 Å². The second kappa shape index (κ2) is 8.08. The normalized spacial score (nSPS) is 19.6. The topological polar surface area (TPSA) is 97.4 Å². The molecule has 2 amide bonds. The summed E-state index contributed by atoms with van der Waals surface area (Å²) in [6, 6.07) is 1.90. The highest BCUT2D eigenvalue weighted by atomic mass is 16.5. The lowest BCUT2D eigenvalue weighted by Gasteiger charge is -2.21. The monoisotopic (exact) mass is 412 g/mol. The lowest BCUT2D eigenvalue weighted by atomic mass is 10.1. The third kappa shape index (κ3) is 4.04. The van der Waals surface area contributed by atoms with Crippen LogP contribution in [0.15, 0.2) is 21.6 Å². The van der Waals surface area contributed by atoms with Crippen LogP contribution >= 0.6 is 0 Å². The van der Waals surface area contributed by atoms with Gasteiger partial charge >= 0.3 is 0 Å². The van der Waals surface area contributed by atoms with Crippen LogP contribution in [0, 0.1) is 20.8 Å². The number of amides is 2. The third-order valence-electron chi connectivity index (χ3n) is 6.17. The van der Waals surface area contributed by atoms with Gasteiger partial charge in [0.1, 0.15) is 11.3 Å². The van der Waals surface area contributed by atoms with Crippen molar-refractivity contribution < 1.29 is 14.1 Å². The number of likely N-dealkylation sites (tertiary alicyclic amines) is 1. The zero-order chi connectivity index (χ0) is 21.4. The van der Waals surface area contributed by atoms with Crippen LogP contribution in [0.5, 0.6) is 0 Å². The van der Waals surface area contributed by atoms with Gasteiger partial charge in [0.05, 0.1) is 12.2 Å². The van der Waals surface area contributed by atoms with Gasteiger partial charge in [0.2, 0.25) is 5.91 Å². The molecule has 1 N–H and O–H groups in total. The maximum atomic E-state index is 12.9. The molecule has 8 heteroatoms. The predicted molar refractivity (Wildman–Crippen MR) is 110 cm³/mol. The Morgan fingerprint density at radius 1 is 1.20 bits per heavy atom. The molecule has 0 spiro atoms. The lowest BCUT2D eigenvalue weighted by molar-refractivity contribution is -0.131. The van der Waals surface area contributed by atoms with Crippen molar-refractivity contribution in [3.63, 3.8) is 0 Å². The Bertz CT molecular complexity index is 1010. The molecule has 0 aromatic carbocycles. The molecule has 1 saturated heterocycles. The molecule has 30 heavy (non-hydrogen) atoms. The Kier molecular flexibility index (Phi) is 5.49. The Balaban J connectivity index is 1.44. The van der Waals surface area contributed by atoms with E-state index in [-0.39, 0.29) is 35.0 Å². The summed E-state index contributed by atoms with van der Waals surface area (Å²) in [5, 5.41) is 6.96. The molecule has 1 aliphatic carbocycles. The Morgan fingerprint density at radius 3 is 2.63 bits per heavy atom. The van der Waals surface area contributed by atoms with Crippen molar-refractivity contribution in [3.8, 4) is 0 Å². The summed E-state index contributed by atoms with van der Waals surface area (Å²) >= 11 is 0. The first-order valence-electron chi connectivity index (χ1n) is 10.6. The number of nitrogens with one attached hydrogen (secondary N) is 1. The van der Waals surface area contributed by atoms with Crippen LogP contribution in [0.1, 0.15) is 71.1 Å². The molecule has 2 aromatic rings. The molecule has 2 aliphatic rings. The summed E-state index contributed by atoms with van der Waals surface area (Å²) in [4.78, 5) is 40.1. The fourth-order valence-corrected chi connectivity index (χ4v) is 4.08. The van der Waals surface area contributed by atoms with Crippen LogP contribution in [-0.4, -0.2) is 39.0 Å². The van der Waals surface area contributed by atoms with E-state index >= 15 is 0 Å². The maximum Gasteiger partial charge on any atom is 0.263 e. The molecule has 2 fully saturated rings. The van der Waals surface area contributed by atoms with Crippen LogP contribution in [0.4, 0.5) is 0 Å². The van der Waals surface area contributed by atoms with Gasteiger partial charge in [-0.05, 0) is 58.1 Å².